The Labute approximate surface area is 277 Å². The highest BCUT2D eigenvalue weighted by Gasteiger charge is 2.45. The molecule has 2 saturated heterocycles. The Kier molecular flexibility index (Phi) is 10.1. The number of hydrogen-bond acceptors (Lipinski definition) is 8. The Morgan fingerprint density at radius 2 is 1.65 bits per heavy atom. The van der Waals surface area contributed by atoms with Crippen molar-refractivity contribution in [3.05, 3.63) is 56.2 Å². The van der Waals surface area contributed by atoms with Crippen molar-refractivity contribution in [2.75, 3.05) is 12.4 Å². The fourth-order valence-electron chi connectivity index (χ4n) is 6.91. The number of carboxylic acid groups (broad SMARTS) is 2. The van der Waals surface area contributed by atoms with Crippen LogP contribution in [0.4, 0.5) is 0 Å². The molecule has 6 atom stereocenters. The van der Waals surface area contributed by atoms with Gasteiger partial charge in [0.2, 0.25) is 11.8 Å². The third kappa shape index (κ3) is 6.96. The van der Waals surface area contributed by atoms with Crippen LogP contribution in [0.3, 0.4) is 0 Å². The number of H-pyrrole nitrogens is 1. The van der Waals surface area contributed by atoms with Gasteiger partial charge in [-0.25, -0.2) is 0 Å². The summed E-state index contributed by atoms with van der Waals surface area (Å²) >= 11 is 6.21. The molecule has 4 aliphatic rings. The number of aliphatic carboxylic acids is 2. The molecule has 0 aliphatic carbocycles. The number of aromatic amines is 1. The first kappa shape index (κ1) is 33.9. The van der Waals surface area contributed by atoms with Crippen molar-refractivity contribution in [1.29, 1.82) is 0 Å². The van der Waals surface area contributed by atoms with Gasteiger partial charge in [-0.15, -0.1) is 0 Å². The molecule has 0 saturated carbocycles. The molecular formula is C33H42N4O7S2. The van der Waals surface area contributed by atoms with E-state index < -0.39 is 17.2 Å². The smallest absolute Gasteiger partial charge is 0.303 e. The van der Waals surface area contributed by atoms with Gasteiger partial charge < -0.3 is 36.3 Å². The van der Waals surface area contributed by atoms with Crippen molar-refractivity contribution < 1.29 is 34.5 Å². The van der Waals surface area contributed by atoms with E-state index in [9.17, 15) is 34.5 Å². The van der Waals surface area contributed by atoms with E-state index in [-0.39, 0.29) is 61.6 Å². The molecule has 0 bridgehead atoms. The number of allylic oxidation sites excluding steroid dienone is 2. The second-order valence-corrected chi connectivity index (χ2v) is 14.5. The highest BCUT2D eigenvalue weighted by Crippen LogP contribution is 2.46. The molecule has 13 heteroatoms. The molecule has 0 radical (unpaired) electrons. The van der Waals surface area contributed by atoms with Gasteiger partial charge in [0, 0.05) is 70.1 Å². The topological polar surface area (TPSA) is 181 Å². The lowest BCUT2D eigenvalue weighted by Gasteiger charge is -2.20. The summed E-state index contributed by atoms with van der Waals surface area (Å²) in [6, 6.07) is -0.482. The predicted octanol–water partition coefficient (Wildman–Crippen LogP) is 3.17. The maximum absolute atomic E-state index is 12.7. The SMILES string of the molecule is CC1=C(CCC(=O)O)/C(=C/c2[nH]c(/C=C3\NC(=O)[C@H](C)[C@H]3[C@@H]3CS3)c(C)c2CCC(=O)O)NC1C[C@H]1NC(=O)C([C@@H](S)CO)=C1C. The highest BCUT2D eigenvalue weighted by molar-refractivity contribution is 8.06. The minimum Gasteiger partial charge on any atom is -0.481 e. The summed E-state index contributed by atoms with van der Waals surface area (Å²) in [4.78, 5) is 51.9. The number of aliphatic hydroxyl groups excluding tert-OH is 1. The van der Waals surface area contributed by atoms with Gasteiger partial charge in [-0.3, -0.25) is 19.2 Å². The van der Waals surface area contributed by atoms with Gasteiger partial charge in [-0.05, 0) is 80.0 Å². The van der Waals surface area contributed by atoms with Gasteiger partial charge in [0.25, 0.3) is 0 Å². The Morgan fingerprint density at radius 1 is 1.00 bits per heavy atom. The number of carbonyl (C=O) groups excluding carboxylic acids is 2. The number of amides is 2. The highest BCUT2D eigenvalue weighted by atomic mass is 32.2. The van der Waals surface area contributed by atoms with Crippen molar-refractivity contribution in [1.82, 2.24) is 20.9 Å². The van der Waals surface area contributed by atoms with Crippen LogP contribution in [0.1, 0.15) is 69.0 Å². The average Bonchev–Trinajstić information content (AvgIpc) is 3.57. The zero-order chi connectivity index (χ0) is 33.4. The largest absolute Gasteiger partial charge is 0.481 e. The monoisotopic (exact) mass is 670 g/mol. The van der Waals surface area contributed by atoms with Gasteiger partial charge in [-0.1, -0.05) is 6.92 Å². The quantitative estimate of drug-likeness (QED) is 0.116. The molecule has 46 heavy (non-hydrogen) atoms. The van der Waals surface area contributed by atoms with Crippen LogP contribution in [0.25, 0.3) is 12.2 Å². The van der Waals surface area contributed by atoms with Crippen molar-refractivity contribution >= 4 is 60.3 Å². The Morgan fingerprint density at radius 3 is 2.28 bits per heavy atom. The molecular weight excluding hydrogens is 629 g/mol. The zero-order valence-corrected chi connectivity index (χ0v) is 28.1. The van der Waals surface area contributed by atoms with E-state index in [1.807, 2.05) is 51.6 Å². The molecule has 1 unspecified atom stereocenters. The molecule has 5 heterocycles. The molecule has 7 N–H and O–H groups in total. The Balaban J connectivity index is 1.50. The average molecular weight is 671 g/mol. The van der Waals surface area contributed by atoms with E-state index in [0.29, 0.717) is 23.7 Å². The van der Waals surface area contributed by atoms with E-state index in [0.717, 1.165) is 56.4 Å². The number of thiol groups is 1. The summed E-state index contributed by atoms with van der Waals surface area (Å²) in [6.45, 7) is 7.45. The fourth-order valence-corrected chi connectivity index (χ4v) is 8.14. The van der Waals surface area contributed by atoms with Crippen LogP contribution in [0.2, 0.25) is 0 Å². The van der Waals surface area contributed by atoms with E-state index in [1.54, 1.807) is 0 Å². The number of carbonyl (C=O) groups is 4. The normalized spacial score (nSPS) is 28.3. The van der Waals surface area contributed by atoms with Gasteiger partial charge in [0.05, 0.1) is 17.9 Å². The molecule has 0 spiro atoms. The standard InChI is InChI=1S/C33H42N4O7S2/c1-14-18(5-7-28(39)40)23(34-20(14)9-22-16(3)31(26(45)12-38)33(44)36-22)11-24-19(6-8-29(41)42)15(2)21(35-24)10-25-30(27-13-46-27)17(4)32(43)37-25/h10-11,17,20,22,26-27,30,34-35,38,45H,5-9,12-13H2,1-4H3,(H,36,44)(H,37,43)(H,39,40)(H,41,42)/b23-11-,25-10-/t17-,20?,22-,26+,27+,30-/m1/s1. The minimum atomic E-state index is -0.915. The van der Waals surface area contributed by atoms with Crippen LogP contribution in [-0.4, -0.2) is 79.0 Å². The number of aliphatic hydroxyl groups is 1. The Hall–Kier alpha value is -3.42. The summed E-state index contributed by atoms with van der Waals surface area (Å²) in [6.07, 6.45) is 4.86. The molecule has 5 rings (SSSR count). The molecule has 11 nitrogen and oxygen atoms in total. The third-order valence-corrected chi connectivity index (χ3v) is 11.1. The van der Waals surface area contributed by atoms with E-state index in [4.69, 9.17) is 0 Å². The first-order chi connectivity index (χ1) is 21.8. The molecule has 0 aromatic carbocycles. The van der Waals surface area contributed by atoms with Crippen LogP contribution in [0.15, 0.2) is 33.7 Å². The lowest BCUT2D eigenvalue weighted by Crippen LogP contribution is -2.36. The predicted molar refractivity (Wildman–Crippen MR) is 180 cm³/mol. The van der Waals surface area contributed by atoms with Crippen LogP contribution in [-0.2, 0) is 25.6 Å². The summed E-state index contributed by atoms with van der Waals surface area (Å²) in [7, 11) is 0. The fraction of sp³-hybridized carbons (Fsp3) is 0.515. The van der Waals surface area contributed by atoms with Crippen LogP contribution in [0, 0.1) is 18.8 Å². The minimum absolute atomic E-state index is 0.00295. The van der Waals surface area contributed by atoms with Gasteiger partial charge in [0.1, 0.15) is 0 Å². The van der Waals surface area contributed by atoms with E-state index in [2.05, 4.69) is 33.6 Å². The summed E-state index contributed by atoms with van der Waals surface area (Å²) < 4.78 is 0. The number of thioether (sulfide) groups is 1. The number of hydrogen-bond donors (Lipinski definition) is 8. The van der Waals surface area contributed by atoms with Crippen molar-refractivity contribution in [2.24, 2.45) is 11.8 Å². The molecule has 1 aromatic heterocycles. The summed E-state index contributed by atoms with van der Waals surface area (Å²) in [5, 5.41) is 38.0. The van der Waals surface area contributed by atoms with Gasteiger partial charge in [0.15, 0.2) is 0 Å². The second kappa shape index (κ2) is 13.7. The Bertz CT molecular complexity index is 1590. The lowest BCUT2D eigenvalue weighted by molar-refractivity contribution is -0.138. The number of aromatic nitrogens is 1. The van der Waals surface area contributed by atoms with Crippen LogP contribution in [0.5, 0.6) is 0 Å². The van der Waals surface area contributed by atoms with Crippen molar-refractivity contribution in [2.45, 2.75) is 82.4 Å². The number of rotatable bonds is 13. The third-order valence-electron chi connectivity index (χ3n) is 9.68. The maximum Gasteiger partial charge on any atom is 0.303 e. The lowest BCUT2D eigenvalue weighted by atomic mass is 9.91. The number of carboxylic acids is 2. The van der Waals surface area contributed by atoms with Gasteiger partial charge >= 0.3 is 11.9 Å². The maximum atomic E-state index is 12.7. The van der Waals surface area contributed by atoms with Crippen molar-refractivity contribution in [3.63, 3.8) is 0 Å². The number of nitrogens with one attached hydrogen (secondary N) is 4. The summed E-state index contributed by atoms with van der Waals surface area (Å²) in [5.41, 5.74) is 7.98. The van der Waals surface area contributed by atoms with Crippen LogP contribution < -0.4 is 16.0 Å². The van der Waals surface area contributed by atoms with E-state index >= 15 is 0 Å². The van der Waals surface area contributed by atoms with E-state index in [1.165, 1.54) is 0 Å². The second-order valence-electron chi connectivity index (χ2n) is 12.6. The molecule has 2 amide bonds. The first-order valence-electron chi connectivity index (χ1n) is 15.6. The molecule has 4 aliphatic heterocycles. The van der Waals surface area contributed by atoms with Crippen molar-refractivity contribution in [3.8, 4) is 0 Å². The van der Waals surface area contributed by atoms with Crippen LogP contribution >= 0.6 is 24.4 Å². The van der Waals surface area contributed by atoms with Gasteiger partial charge in [-0.2, -0.15) is 24.4 Å². The molecule has 2 fully saturated rings. The molecule has 248 valence electrons. The zero-order valence-electron chi connectivity index (χ0n) is 26.4. The first-order valence-corrected chi connectivity index (χ1v) is 17.1. The summed E-state index contributed by atoms with van der Waals surface area (Å²) in [5.74, 6) is -1.09. The molecule has 1 aromatic rings.